The molecule has 17 heteroatoms. The summed E-state index contributed by atoms with van der Waals surface area (Å²) in [5, 5.41) is 33.4. The Kier molecular flexibility index (Phi) is 8.93. The van der Waals surface area contributed by atoms with Crippen molar-refractivity contribution in [3.05, 3.63) is 41.0 Å². The summed E-state index contributed by atoms with van der Waals surface area (Å²) in [5.41, 5.74) is -2.16. The Morgan fingerprint density at radius 3 is 2.55 bits per heavy atom. The van der Waals surface area contributed by atoms with Crippen molar-refractivity contribution >= 4 is 55.3 Å². The van der Waals surface area contributed by atoms with Crippen LogP contribution in [-0.4, -0.2) is 99.2 Å². The number of halogens is 3. The highest BCUT2D eigenvalue weighted by atomic mass is 32.1. The molecule has 2 amide bonds. The quantitative estimate of drug-likeness (QED) is 0.204. The molecule has 4 aromatic rings. The van der Waals surface area contributed by atoms with Crippen molar-refractivity contribution in [2.75, 3.05) is 43.0 Å². The maximum absolute atomic E-state index is 17.4. The first-order chi connectivity index (χ1) is 26.2. The van der Waals surface area contributed by atoms with Gasteiger partial charge in [-0.25, -0.2) is 22.8 Å². The molecular formula is C38H37F3N8O5S. The van der Waals surface area contributed by atoms with Gasteiger partial charge in [0.2, 0.25) is 0 Å². The van der Waals surface area contributed by atoms with Gasteiger partial charge in [-0.1, -0.05) is 6.07 Å². The maximum Gasteiger partial charge on any atom is 0.412 e. The van der Waals surface area contributed by atoms with Gasteiger partial charge < -0.3 is 19.5 Å². The summed E-state index contributed by atoms with van der Waals surface area (Å²) in [6.07, 6.45) is 0.243. The van der Waals surface area contributed by atoms with E-state index in [4.69, 9.17) is 14.5 Å². The van der Waals surface area contributed by atoms with Crippen LogP contribution in [0.2, 0.25) is 0 Å². The third-order valence-corrected chi connectivity index (χ3v) is 12.1. The fourth-order valence-electron chi connectivity index (χ4n) is 8.86. The molecule has 4 aliphatic heterocycles. The number of rotatable bonds is 6. The Morgan fingerprint density at radius 1 is 1.13 bits per heavy atom. The number of ether oxygens (including phenoxy) is 2. The van der Waals surface area contributed by atoms with Gasteiger partial charge in [-0.2, -0.15) is 20.5 Å². The number of hydrogen-bond donors (Lipinski definition) is 2. The highest BCUT2D eigenvalue weighted by Crippen LogP contribution is 2.46. The summed E-state index contributed by atoms with van der Waals surface area (Å²) in [6.45, 7) is 6.59. The average Bonchev–Trinajstić information content (AvgIpc) is 3.84. The lowest BCUT2D eigenvalue weighted by atomic mass is 9.93. The second-order valence-electron chi connectivity index (χ2n) is 15.6. The van der Waals surface area contributed by atoms with Crippen molar-refractivity contribution in [2.45, 2.75) is 82.3 Å². The van der Waals surface area contributed by atoms with Gasteiger partial charge in [0.15, 0.2) is 5.82 Å². The van der Waals surface area contributed by atoms with Gasteiger partial charge in [-0.15, -0.1) is 11.3 Å². The fourth-order valence-corrected chi connectivity index (χ4v) is 9.92. The summed E-state index contributed by atoms with van der Waals surface area (Å²) < 4.78 is 59.0. The minimum Gasteiger partial charge on any atom is -0.465 e. The van der Waals surface area contributed by atoms with E-state index in [0.717, 1.165) is 30.4 Å². The van der Waals surface area contributed by atoms with Gasteiger partial charge >= 0.3 is 18.2 Å². The molecule has 0 aliphatic carbocycles. The van der Waals surface area contributed by atoms with Gasteiger partial charge in [0.05, 0.1) is 39.5 Å². The third-order valence-electron chi connectivity index (χ3n) is 11.0. The third kappa shape index (κ3) is 6.29. The summed E-state index contributed by atoms with van der Waals surface area (Å²) in [6, 6.07) is 7.03. The average molecular weight is 775 g/mol. The molecule has 4 atom stereocenters. The second-order valence-corrected chi connectivity index (χ2v) is 16.7. The number of carbonyl (C=O) groups excluding carboxylic acids is 1. The largest absolute Gasteiger partial charge is 0.465 e. The number of aromatic nitrogens is 2. The molecule has 2 bridgehead atoms. The lowest BCUT2D eigenvalue weighted by molar-refractivity contribution is 0.0636. The first kappa shape index (κ1) is 36.6. The summed E-state index contributed by atoms with van der Waals surface area (Å²) >= 11 is 0.775. The lowest BCUT2D eigenvalue weighted by Gasteiger charge is -2.40. The molecule has 0 saturated carbocycles. The molecular weight excluding hydrogens is 738 g/mol. The summed E-state index contributed by atoms with van der Waals surface area (Å²) in [5.74, 6) is -1.43. The van der Waals surface area contributed by atoms with Crippen LogP contribution in [0.25, 0.3) is 32.1 Å². The van der Waals surface area contributed by atoms with Gasteiger partial charge in [0.1, 0.15) is 46.6 Å². The number of alkyl halides is 1. The smallest absolute Gasteiger partial charge is 0.412 e. The van der Waals surface area contributed by atoms with Crippen molar-refractivity contribution in [1.29, 1.82) is 10.5 Å². The normalized spacial score (nSPS) is 23.5. The summed E-state index contributed by atoms with van der Waals surface area (Å²) in [7, 11) is 0. The van der Waals surface area contributed by atoms with Crippen molar-refractivity contribution in [3.8, 4) is 29.3 Å². The van der Waals surface area contributed by atoms with E-state index < -0.39 is 41.1 Å². The highest BCUT2D eigenvalue weighted by molar-refractivity contribution is 7.23. The molecule has 0 spiro atoms. The lowest BCUT2D eigenvalue weighted by Crippen LogP contribution is -2.55. The van der Waals surface area contributed by atoms with Gasteiger partial charge in [0, 0.05) is 42.4 Å². The number of nitriles is 2. The molecule has 6 heterocycles. The second kappa shape index (κ2) is 13.4. The predicted octanol–water partition coefficient (Wildman–Crippen LogP) is 7.17. The topological polar surface area (TPSA) is 168 Å². The molecule has 2 aromatic heterocycles. The molecule has 4 saturated heterocycles. The Morgan fingerprint density at radius 2 is 1.87 bits per heavy atom. The first-order valence-electron chi connectivity index (χ1n) is 18.1. The zero-order chi connectivity index (χ0) is 39.0. The van der Waals surface area contributed by atoms with Crippen molar-refractivity contribution in [2.24, 2.45) is 0 Å². The van der Waals surface area contributed by atoms with Gasteiger partial charge in [-0.3, -0.25) is 15.1 Å². The van der Waals surface area contributed by atoms with Crippen LogP contribution in [0.15, 0.2) is 18.2 Å². The molecule has 0 radical (unpaired) electrons. The number of anilines is 2. The molecule has 286 valence electrons. The SMILES string of the molecule is CC(C)(C)OC(=O)Nc1sc2c(F)ccc(-c3c(C#N)cc4c(N5C[C@H]6CC[C@@H](C5)N6C(=O)O)nc(OC[C@@]56CCCN5C[C@H](F)C6)nc4c3F)c2c1C#N. The number of piperazine rings is 1. The van der Waals surface area contributed by atoms with Crippen molar-refractivity contribution < 1.29 is 37.3 Å². The van der Waals surface area contributed by atoms with Crippen LogP contribution in [-0.2, 0) is 4.74 Å². The Balaban J connectivity index is 1.28. The number of nitrogens with zero attached hydrogens (tertiary/aromatic N) is 7. The minimum atomic E-state index is -1.02. The highest BCUT2D eigenvalue weighted by Gasteiger charge is 2.50. The number of amides is 2. The molecule has 4 fully saturated rings. The van der Waals surface area contributed by atoms with E-state index in [-0.39, 0.29) is 98.3 Å². The number of benzene rings is 2. The predicted molar refractivity (Wildman–Crippen MR) is 197 cm³/mol. The van der Waals surface area contributed by atoms with E-state index in [1.54, 1.807) is 20.8 Å². The number of fused-ring (bicyclic) bond motifs is 5. The van der Waals surface area contributed by atoms with E-state index in [0.29, 0.717) is 25.8 Å². The number of carboxylic acid groups (broad SMARTS) is 1. The van der Waals surface area contributed by atoms with E-state index >= 15 is 8.78 Å². The Labute approximate surface area is 317 Å². The van der Waals surface area contributed by atoms with Gasteiger partial charge in [-0.05, 0) is 70.7 Å². The molecule has 13 nitrogen and oxygen atoms in total. The molecule has 4 aliphatic rings. The van der Waals surface area contributed by atoms with E-state index in [1.165, 1.54) is 17.0 Å². The van der Waals surface area contributed by atoms with Gasteiger partial charge in [0.25, 0.3) is 0 Å². The maximum atomic E-state index is 17.4. The zero-order valence-corrected chi connectivity index (χ0v) is 31.1. The fraction of sp³-hybridized carbons (Fsp3) is 0.474. The standard InChI is InChI=1S/C38H37F3N8O5S/c1-37(2,3)54-35(50)46-33-25(14-43)28-23(7-8-26(40)31(28)55-33)27-19(13-42)11-24-30(29(27)41)44-34(53-18-38-9-4-10-48(38)15-20(39)12-38)45-32(24)47-16-21-5-6-22(17-47)49(21)36(51)52/h7-8,11,20-22H,4-6,9-10,12,15-18H2,1-3H3,(H,46,50)(H,51,52)/t20-,21-,22+,38+/m1/s1. The van der Waals surface area contributed by atoms with Crippen LogP contribution in [0.3, 0.4) is 0 Å². The molecule has 0 unspecified atom stereocenters. The number of thiophene rings is 1. The van der Waals surface area contributed by atoms with Crippen LogP contribution in [0.5, 0.6) is 6.01 Å². The molecule has 55 heavy (non-hydrogen) atoms. The van der Waals surface area contributed by atoms with Crippen LogP contribution in [0.1, 0.15) is 64.0 Å². The summed E-state index contributed by atoms with van der Waals surface area (Å²) in [4.78, 5) is 39.4. The van der Waals surface area contributed by atoms with Crippen LogP contribution >= 0.6 is 11.3 Å². The zero-order valence-electron chi connectivity index (χ0n) is 30.3. The Hall–Kier alpha value is -5.39. The van der Waals surface area contributed by atoms with E-state index in [2.05, 4.69) is 21.3 Å². The Bertz CT molecular complexity index is 2340. The number of carbonyl (C=O) groups is 2. The van der Waals surface area contributed by atoms with Crippen LogP contribution in [0.4, 0.5) is 33.6 Å². The van der Waals surface area contributed by atoms with Crippen molar-refractivity contribution in [3.63, 3.8) is 0 Å². The first-order valence-corrected chi connectivity index (χ1v) is 18.9. The van der Waals surface area contributed by atoms with E-state index in [9.17, 15) is 29.6 Å². The number of nitrogens with one attached hydrogen (secondary N) is 1. The molecule has 8 rings (SSSR count). The van der Waals surface area contributed by atoms with Crippen LogP contribution < -0.4 is 15.0 Å². The monoisotopic (exact) mass is 774 g/mol. The molecule has 2 N–H and O–H groups in total. The molecule has 2 aromatic carbocycles. The van der Waals surface area contributed by atoms with Crippen molar-refractivity contribution in [1.82, 2.24) is 19.8 Å². The minimum absolute atomic E-state index is 0.0112. The number of hydrogen-bond acceptors (Lipinski definition) is 11. The van der Waals surface area contributed by atoms with Crippen LogP contribution in [0, 0.1) is 34.3 Å². The van der Waals surface area contributed by atoms with E-state index in [1.807, 2.05) is 11.0 Å².